The molecule has 0 amide bonds. The zero-order valence-corrected chi connectivity index (χ0v) is 11.7. The highest BCUT2D eigenvalue weighted by molar-refractivity contribution is 5.07. The van der Waals surface area contributed by atoms with Crippen LogP contribution in [0, 0.1) is 23.2 Å². The van der Waals surface area contributed by atoms with Gasteiger partial charge >= 0.3 is 0 Å². The highest BCUT2D eigenvalue weighted by Crippen LogP contribution is 2.62. The normalized spacial score (nSPS) is 54.8. The van der Waals surface area contributed by atoms with E-state index in [-0.39, 0.29) is 0 Å². The van der Waals surface area contributed by atoms with Crippen molar-refractivity contribution < 1.29 is 4.74 Å². The number of hydrogen-bond donors (Lipinski definition) is 1. The summed E-state index contributed by atoms with van der Waals surface area (Å²) in [6.45, 7) is 4.31. The first-order valence-electron chi connectivity index (χ1n) is 8.14. The van der Waals surface area contributed by atoms with Crippen LogP contribution in [-0.2, 0) is 4.74 Å². The molecular weight excluding hydrogens is 222 g/mol. The van der Waals surface area contributed by atoms with Crippen molar-refractivity contribution >= 4 is 0 Å². The van der Waals surface area contributed by atoms with Crippen molar-refractivity contribution in [3.05, 3.63) is 0 Å². The van der Waals surface area contributed by atoms with Crippen molar-refractivity contribution in [2.75, 3.05) is 13.2 Å². The molecule has 1 saturated heterocycles. The summed E-state index contributed by atoms with van der Waals surface area (Å²) in [6, 6.07) is 0.620. The van der Waals surface area contributed by atoms with Crippen LogP contribution in [0.5, 0.6) is 0 Å². The van der Waals surface area contributed by atoms with Crippen LogP contribution in [0.4, 0.5) is 0 Å². The number of nitrogens with one attached hydrogen (secondary N) is 1. The lowest BCUT2D eigenvalue weighted by Gasteiger charge is -2.60. The maximum absolute atomic E-state index is 6.30. The summed E-state index contributed by atoms with van der Waals surface area (Å²) < 4.78 is 6.30. The van der Waals surface area contributed by atoms with E-state index in [0.29, 0.717) is 17.6 Å². The van der Waals surface area contributed by atoms with Gasteiger partial charge in [-0.1, -0.05) is 6.92 Å². The Hall–Kier alpha value is -0.0800. The molecule has 4 bridgehead atoms. The quantitative estimate of drug-likeness (QED) is 0.812. The molecule has 5 rings (SSSR count). The summed E-state index contributed by atoms with van der Waals surface area (Å²) in [7, 11) is 0. The first-order chi connectivity index (χ1) is 8.79. The molecule has 1 N–H and O–H groups in total. The highest BCUT2D eigenvalue weighted by Gasteiger charge is 2.56. The van der Waals surface area contributed by atoms with Gasteiger partial charge in [-0.2, -0.15) is 0 Å². The Kier molecular flexibility index (Phi) is 2.74. The molecule has 0 spiro atoms. The first kappa shape index (κ1) is 11.7. The first-order valence-corrected chi connectivity index (χ1v) is 8.14. The van der Waals surface area contributed by atoms with Crippen LogP contribution < -0.4 is 5.32 Å². The van der Waals surface area contributed by atoms with Crippen molar-refractivity contribution in [3.63, 3.8) is 0 Å². The minimum absolute atomic E-state index is 0.518. The van der Waals surface area contributed by atoms with Crippen LogP contribution in [0.15, 0.2) is 0 Å². The van der Waals surface area contributed by atoms with Gasteiger partial charge in [0.15, 0.2) is 0 Å². The second kappa shape index (κ2) is 4.21. The molecule has 5 fully saturated rings. The smallest absolute Gasteiger partial charge is 0.0784 e. The minimum atomic E-state index is 0.518. The fourth-order valence-corrected chi connectivity index (χ4v) is 6.14. The Morgan fingerprint density at radius 2 is 1.67 bits per heavy atom. The molecule has 1 aliphatic heterocycles. The van der Waals surface area contributed by atoms with E-state index >= 15 is 0 Å². The van der Waals surface area contributed by atoms with Gasteiger partial charge < -0.3 is 10.1 Å². The number of morpholine rings is 1. The monoisotopic (exact) mass is 249 g/mol. The molecule has 4 saturated carbocycles. The molecule has 2 atom stereocenters. The number of hydrogen-bond acceptors (Lipinski definition) is 2. The van der Waals surface area contributed by atoms with E-state index in [1.165, 1.54) is 44.9 Å². The standard InChI is InChI=1S/C16H27NO/c1-2-14-15(18-4-3-17-14)16-8-11-5-12(9-16)7-13(6-11)10-16/h11-15,17H,2-10H2,1H3. The maximum Gasteiger partial charge on any atom is 0.0784 e. The van der Waals surface area contributed by atoms with Crippen molar-refractivity contribution in [3.8, 4) is 0 Å². The molecule has 0 aromatic rings. The summed E-state index contributed by atoms with van der Waals surface area (Å²) in [5.41, 5.74) is 0.558. The van der Waals surface area contributed by atoms with Crippen molar-refractivity contribution in [2.24, 2.45) is 23.2 Å². The molecule has 2 heteroatoms. The summed E-state index contributed by atoms with van der Waals surface area (Å²) in [6.07, 6.45) is 10.8. The van der Waals surface area contributed by atoms with Crippen molar-refractivity contribution in [1.82, 2.24) is 5.32 Å². The third-order valence-electron chi connectivity index (χ3n) is 6.30. The third-order valence-corrected chi connectivity index (χ3v) is 6.30. The summed E-state index contributed by atoms with van der Waals surface area (Å²) in [5, 5.41) is 3.72. The Labute approximate surface area is 111 Å². The molecule has 2 nitrogen and oxygen atoms in total. The molecule has 2 unspecified atom stereocenters. The van der Waals surface area contributed by atoms with E-state index in [0.717, 1.165) is 30.9 Å². The largest absolute Gasteiger partial charge is 0.375 e. The van der Waals surface area contributed by atoms with Gasteiger partial charge in [-0.3, -0.25) is 0 Å². The van der Waals surface area contributed by atoms with Crippen LogP contribution in [-0.4, -0.2) is 25.3 Å². The highest BCUT2D eigenvalue weighted by atomic mass is 16.5. The minimum Gasteiger partial charge on any atom is -0.375 e. The van der Waals surface area contributed by atoms with E-state index in [2.05, 4.69) is 12.2 Å². The Morgan fingerprint density at radius 1 is 1.06 bits per heavy atom. The van der Waals surface area contributed by atoms with Crippen LogP contribution in [0.1, 0.15) is 51.9 Å². The molecular formula is C16H27NO. The zero-order valence-electron chi connectivity index (χ0n) is 11.7. The number of ether oxygens (including phenoxy) is 1. The summed E-state index contributed by atoms with van der Waals surface area (Å²) >= 11 is 0. The van der Waals surface area contributed by atoms with Crippen LogP contribution >= 0.6 is 0 Å². The zero-order chi connectivity index (χ0) is 12.2. The fraction of sp³-hybridized carbons (Fsp3) is 1.00. The molecule has 1 heterocycles. The average Bonchev–Trinajstić information content (AvgIpc) is 2.37. The van der Waals surface area contributed by atoms with Crippen LogP contribution in [0.25, 0.3) is 0 Å². The van der Waals surface area contributed by atoms with Crippen molar-refractivity contribution in [1.29, 1.82) is 0 Å². The number of rotatable bonds is 2. The van der Waals surface area contributed by atoms with Crippen LogP contribution in [0.3, 0.4) is 0 Å². The van der Waals surface area contributed by atoms with E-state index in [1.54, 1.807) is 0 Å². The Balaban J connectivity index is 1.62. The van der Waals surface area contributed by atoms with E-state index in [1.807, 2.05) is 0 Å². The van der Waals surface area contributed by atoms with E-state index < -0.39 is 0 Å². The lowest BCUT2D eigenvalue weighted by molar-refractivity contribution is -0.164. The second-order valence-corrected chi connectivity index (χ2v) is 7.54. The van der Waals surface area contributed by atoms with Crippen molar-refractivity contribution in [2.45, 2.75) is 64.0 Å². The Bertz CT molecular complexity index is 292. The van der Waals surface area contributed by atoms with Gasteiger partial charge in [-0.05, 0) is 68.1 Å². The van der Waals surface area contributed by atoms with Gasteiger partial charge in [-0.15, -0.1) is 0 Å². The fourth-order valence-electron chi connectivity index (χ4n) is 6.14. The molecule has 0 aromatic carbocycles. The molecule has 0 aromatic heterocycles. The second-order valence-electron chi connectivity index (χ2n) is 7.54. The van der Waals surface area contributed by atoms with Gasteiger partial charge in [0.05, 0.1) is 12.7 Å². The summed E-state index contributed by atoms with van der Waals surface area (Å²) in [5.74, 6) is 3.12. The van der Waals surface area contributed by atoms with Gasteiger partial charge in [0.1, 0.15) is 0 Å². The average molecular weight is 249 g/mol. The third kappa shape index (κ3) is 1.68. The van der Waals surface area contributed by atoms with Gasteiger partial charge in [0.2, 0.25) is 0 Å². The topological polar surface area (TPSA) is 21.3 Å². The van der Waals surface area contributed by atoms with E-state index in [9.17, 15) is 0 Å². The molecule has 18 heavy (non-hydrogen) atoms. The predicted molar refractivity (Wildman–Crippen MR) is 72.4 cm³/mol. The molecule has 4 aliphatic carbocycles. The lowest BCUT2D eigenvalue weighted by Crippen LogP contribution is -2.61. The van der Waals surface area contributed by atoms with Gasteiger partial charge in [0.25, 0.3) is 0 Å². The summed E-state index contributed by atoms with van der Waals surface area (Å²) in [4.78, 5) is 0. The maximum atomic E-state index is 6.30. The van der Waals surface area contributed by atoms with Crippen LogP contribution in [0.2, 0.25) is 0 Å². The van der Waals surface area contributed by atoms with E-state index in [4.69, 9.17) is 4.74 Å². The molecule has 5 aliphatic rings. The molecule has 0 radical (unpaired) electrons. The Morgan fingerprint density at radius 3 is 2.22 bits per heavy atom. The SMILES string of the molecule is CCC1NCCOC1C12CC3CC(CC(C3)C1)C2. The predicted octanol–water partition coefficient (Wildman–Crippen LogP) is 2.97. The molecule has 102 valence electrons. The van der Waals surface area contributed by atoms with Gasteiger partial charge in [-0.25, -0.2) is 0 Å². The van der Waals surface area contributed by atoms with Gasteiger partial charge in [0, 0.05) is 12.6 Å². The lowest BCUT2D eigenvalue weighted by atomic mass is 9.47.